The van der Waals surface area contributed by atoms with Crippen molar-refractivity contribution in [2.45, 2.75) is 12.2 Å². The molecular weight excluding hydrogens is 443 g/mol. The number of rotatable bonds is 4. The number of aromatic nitrogens is 3. The summed E-state index contributed by atoms with van der Waals surface area (Å²) in [6.45, 7) is 0. The maximum Gasteiger partial charge on any atom is 0.382 e. The fourth-order valence-electron chi connectivity index (χ4n) is 2.92. The molecule has 0 amide bonds. The number of nitrogens with zero attached hydrogens (tertiary/aromatic N) is 4. The number of methoxy groups -OCH3 is 2. The third-order valence-corrected chi connectivity index (χ3v) is 5.51. The first kappa shape index (κ1) is 21.9. The fourth-order valence-corrected chi connectivity index (χ4v) is 3.34. The highest BCUT2D eigenvalue weighted by Gasteiger charge is 2.49. The van der Waals surface area contributed by atoms with Gasteiger partial charge >= 0.3 is 23.1 Å². The van der Waals surface area contributed by atoms with Crippen molar-refractivity contribution in [2.75, 3.05) is 14.2 Å². The van der Waals surface area contributed by atoms with Gasteiger partial charge in [0.2, 0.25) is 0 Å². The van der Waals surface area contributed by atoms with Crippen molar-refractivity contribution in [3.8, 4) is 5.69 Å². The van der Waals surface area contributed by atoms with Crippen LogP contribution < -0.4 is 11.4 Å². The zero-order valence-electron chi connectivity index (χ0n) is 16.3. The zero-order chi connectivity index (χ0) is 22.4. The van der Waals surface area contributed by atoms with Gasteiger partial charge in [0.05, 0.1) is 30.0 Å². The first-order valence-corrected chi connectivity index (χ1v) is 9.14. The largest absolute Gasteiger partial charge is 0.464 e. The number of hydrogen-bond donors (Lipinski definition) is 0. The molecule has 3 rings (SSSR count). The van der Waals surface area contributed by atoms with Crippen LogP contribution in [-0.2, 0) is 33.2 Å². The number of hydrogen-bond acceptors (Lipinski definition) is 8. The number of carbonyl (C=O) groups is 1. The van der Waals surface area contributed by atoms with Crippen LogP contribution in [0.1, 0.15) is 12.0 Å². The molecule has 0 spiro atoms. The fraction of sp³-hybridized carbons (Fsp3) is 0.353. The van der Waals surface area contributed by atoms with Gasteiger partial charge in [-0.05, 0) is 24.4 Å². The van der Waals surface area contributed by atoms with Gasteiger partial charge in [0.25, 0.3) is 0 Å². The zero-order valence-corrected chi connectivity index (χ0v) is 17.8. The number of benzene rings is 1. The molecule has 10 nitrogen and oxygen atoms in total. The minimum Gasteiger partial charge on any atom is -0.464 e. The lowest BCUT2D eigenvalue weighted by molar-refractivity contribution is -0.227. The lowest BCUT2D eigenvalue weighted by atomic mass is 10.0. The Labute approximate surface area is 178 Å². The van der Waals surface area contributed by atoms with Crippen LogP contribution in [-0.4, -0.2) is 45.4 Å². The average Bonchev–Trinajstić information content (AvgIpc) is 3.17. The van der Waals surface area contributed by atoms with E-state index in [4.69, 9.17) is 33.4 Å². The molecule has 0 bridgehead atoms. The minimum absolute atomic E-state index is 0.0348. The van der Waals surface area contributed by atoms with Crippen molar-refractivity contribution < 1.29 is 23.5 Å². The molecule has 30 heavy (non-hydrogen) atoms. The van der Waals surface area contributed by atoms with Gasteiger partial charge in [-0.15, -0.1) is 0 Å². The average molecular weight is 459 g/mol. The molecule has 2 aromatic rings. The van der Waals surface area contributed by atoms with Crippen molar-refractivity contribution in [1.29, 1.82) is 0 Å². The second-order valence-corrected chi connectivity index (χ2v) is 7.11. The maximum atomic E-state index is 14.7. The molecule has 2 heterocycles. The molecule has 1 aromatic carbocycles. The first-order valence-electron chi connectivity index (χ1n) is 8.35. The molecule has 1 atom stereocenters. The van der Waals surface area contributed by atoms with Gasteiger partial charge in [0, 0.05) is 26.8 Å². The van der Waals surface area contributed by atoms with E-state index in [0.29, 0.717) is 4.57 Å². The molecule has 0 fully saturated rings. The normalized spacial score (nSPS) is 18.1. The molecular formula is C17H16ClFN4O6S. The summed E-state index contributed by atoms with van der Waals surface area (Å²) in [5.74, 6) is -3.59. The third kappa shape index (κ3) is 3.26. The topological polar surface area (TPSA) is 106 Å². The Balaban J connectivity index is 2.20. The van der Waals surface area contributed by atoms with Gasteiger partial charge < -0.3 is 14.3 Å². The Morgan fingerprint density at radius 3 is 2.40 bits per heavy atom. The first-order chi connectivity index (χ1) is 14.1. The van der Waals surface area contributed by atoms with E-state index in [-0.39, 0.29) is 33.2 Å². The predicted octanol–water partition coefficient (Wildman–Crippen LogP) is 1.04. The Kier molecular flexibility index (Phi) is 5.67. The number of ether oxygens (including phenoxy) is 2. The Morgan fingerprint density at radius 1 is 1.27 bits per heavy atom. The summed E-state index contributed by atoms with van der Waals surface area (Å²) < 4.78 is 27.1. The minimum atomic E-state index is -1.83. The van der Waals surface area contributed by atoms with E-state index >= 15 is 0 Å². The summed E-state index contributed by atoms with van der Waals surface area (Å²) in [5, 5.41) is 3.73. The van der Waals surface area contributed by atoms with Crippen molar-refractivity contribution in [2.24, 2.45) is 19.3 Å². The Morgan fingerprint density at radius 2 is 1.87 bits per heavy atom. The smallest absolute Gasteiger partial charge is 0.382 e. The van der Waals surface area contributed by atoms with Crippen LogP contribution in [0.3, 0.4) is 0 Å². The summed E-state index contributed by atoms with van der Waals surface area (Å²) in [6.07, 6.45) is -0.202. The van der Waals surface area contributed by atoms with Crippen LogP contribution in [0.2, 0.25) is 5.02 Å². The lowest BCUT2D eigenvalue weighted by Gasteiger charge is -2.21. The maximum absolute atomic E-state index is 14.7. The van der Waals surface area contributed by atoms with Gasteiger partial charge in [0.15, 0.2) is 4.77 Å². The van der Waals surface area contributed by atoms with Gasteiger partial charge in [-0.1, -0.05) is 16.8 Å². The molecule has 1 aliphatic heterocycles. The highest BCUT2D eigenvalue weighted by molar-refractivity contribution is 7.71. The summed E-state index contributed by atoms with van der Waals surface area (Å²) >= 11 is 11.2. The number of oxime groups is 1. The van der Waals surface area contributed by atoms with E-state index in [9.17, 15) is 18.8 Å². The Hall–Kier alpha value is -2.83. The molecule has 160 valence electrons. The number of carbonyl (C=O) groups excluding carboxylic acids is 1. The van der Waals surface area contributed by atoms with Gasteiger partial charge in [-0.2, -0.15) is 0 Å². The molecule has 0 saturated carbocycles. The van der Waals surface area contributed by atoms with E-state index in [1.54, 1.807) is 0 Å². The lowest BCUT2D eigenvalue weighted by Crippen LogP contribution is -2.44. The molecule has 0 N–H and O–H groups in total. The number of esters is 1. The van der Waals surface area contributed by atoms with Crippen LogP contribution in [0.25, 0.3) is 5.69 Å². The second kappa shape index (κ2) is 7.78. The van der Waals surface area contributed by atoms with Crippen LogP contribution >= 0.6 is 23.8 Å². The van der Waals surface area contributed by atoms with Crippen molar-refractivity contribution >= 4 is 35.5 Å². The van der Waals surface area contributed by atoms with E-state index in [0.717, 1.165) is 28.4 Å². The molecule has 0 radical (unpaired) electrons. The quantitative estimate of drug-likeness (QED) is 0.497. The van der Waals surface area contributed by atoms with E-state index in [2.05, 4.69) is 9.89 Å². The van der Waals surface area contributed by atoms with E-state index in [1.165, 1.54) is 21.2 Å². The van der Waals surface area contributed by atoms with Gasteiger partial charge in [0.1, 0.15) is 5.82 Å². The predicted molar refractivity (Wildman–Crippen MR) is 106 cm³/mol. The summed E-state index contributed by atoms with van der Waals surface area (Å²) in [6, 6.07) is 2.09. The summed E-state index contributed by atoms with van der Waals surface area (Å²) in [5.41, 5.74) is -1.81. The van der Waals surface area contributed by atoms with Crippen molar-refractivity contribution in [3.05, 3.63) is 54.3 Å². The van der Waals surface area contributed by atoms with Crippen molar-refractivity contribution in [3.63, 3.8) is 0 Å². The molecule has 1 unspecified atom stereocenters. The second-order valence-electron chi connectivity index (χ2n) is 6.34. The van der Waals surface area contributed by atoms with Crippen molar-refractivity contribution in [1.82, 2.24) is 13.7 Å². The highest BCUT2D eigenvalue weighted by Crippen LogP contribution is 2.32. The summed E-state index contributed by atoms with van der Waals surface area (Å²) in [4.78, 5) is 42.4. The van der Waals surface area contributed by atoms with Crippen LogP contribution in [0.5, 0.6) is 0 Å². The van der Waals surface area contributed by atoms with E-state index in [1.807, 2.05) is 0 Å². The van der Waals surface area contributed by atoms with E-state index < -0.39 is 29.0 Å². The van der Waals surface area contributed by atoms with Gasteiger partial charge in [-0.3, -0.25) is 9.13 Å². The van der Waals surface area contributed by atoms with Crippen LogP contribution in [0.4, 0.5) is 4.39 Å². The number of halogens is 2. The van der Waals surface area contributed by atoms with Gasteiger partial charge in [-0.25, -0.2) is 23.3 Å². The van der Waals surface area contributed by atoms with Crippen LogP contribution in [0.15, 0.2) is 26.9 Å². The molecule has 1 aromatic heterocycles. The Bertz CT molecular complexity index is 1230. The monoisotopic (exact) mass is 458 g/mol. The molecule has 13 heteroatoms. The summed E-state index contributed by atoms with van der Waals surface area (Å²) in [7, 11) is 5.09. The molecule has 0 aliphatic carbocycles. The standard InChI is InChI=1S/C17H16ClFN4O6S/c1-21-14(25)23(15(26)22(2)16(21)30)12-5-8(9(18)6-10(12)19)11-7-17(28-4,29-20-11)13(24)27-3/h5-6H,7H2,1-4H3. The molecule has 0 saturated heterocycles. The SMILES string of the molecule is COC(=O)C1(OC)CC(c2cc(-n3c(=O)n(C)c(=S)n(C)c3=O)c(F)cc2Cl)=NO1. The van der Waals surface area contributed by atoms with Crippen LogP contribution in [0, 0.1) is 10.6 Å². The highest BCUT2D eigenvalue weighted by atomic mass is 35.5. The third-order valence-electron chi connectivity index (χ3n) is 4.65. The molecule has 1 aliphatic rings.